The third-order valence-electron chi connectivity index (χ3n) is 3.80. The van der Waals surface area contributed by atoms with Crippen molar-refractivity contribution >= 4 is 11.2 Å². The Hall–Kier alpha value is -2.95. The quantitative estimate of drug-likeness (QED) is 0.667. The van der Waals surface area contributed by atoms with Gasteiger partial charge in [0.05, 0.1) is 29.4 Å². The van der Waals surface area contributed by atoms with Crippen LogP contribution in [0.1, 0.15) is 5.56 Å². The minimum atomic E-state index is -0.539. The summed E-state index contributed by atoms with van der Waals surface area (Å²) < 4.78 is 13.5. The van der Waals surface area contributed by atoms with Crippen LogP contribution in [0.4, 0.5) is 0 Å². The van der Waals surface area contributed by atoms with Crippen molar-refractivity contribution < 1.29 is 9.47 Å². The van der Waals surface area contributed by atoms with Gasteiger partial charge in [0.15, 0.2) is 11.9 Å². The van der Waals surface area contributed by atoms with Crippen LogP contribution in [-0.4, -0.2) is 34.6 Å². The number of pyridine rings is 1. The number of hydrogen-bond acceptors (Lipinski definition) is 5. The molecule has 0 atom stereocenters. The fourth-order valence-corrected chi connectivity index (χ4v) is 2.57. The molecule has 0 spiro atoms. The molecule has 122 valence electrons. The summed E-state index contributed by atoms with van der Waals surface area (Å²) in [5.41, 5.74) is 2.16. The highest BCUT2D eigenvalue weighted by Crippen LogP contribution is 2.16. The predicted octanol–water partition coefficient (Wildman–Crippen LogP) is 1.68. The molecule has 0 bridgehead atoms. The first-order valence-electron chi connectivity index (χ1n) is 7.32. The van der Waals surface area contributed by atoms with Crippen molar-refractivity contribution in [3.05, 3.63) is 58.6 Å². The van der Waals surface area contributed by atoms with Gasteiger partial charge in [-0.25, -0.2) is 14.3 Å². The van der Waals surface area contributed by atoms with Crippen LogP contribution in [0, 0.1) is 11.3 Å². The molecule has 0 unspecified atom stereocenters. The van der Waals surface area contributed by atoms with E-state index < -0.39 is 6.29 Å². The lowest BCUT2D eigenvalue weighted by molar-refractivity contribution is -0.110. The zero-order chi connectivity index (χ0) is 17.1. The predicted molar refractivity (Wildman–Crippen MR) is 87.9 cm³/mol. The average Bonchev–Trinajstić information content (AvgIpc) is 2.91. The molecule has 3 rings (SSSR count). The molecule has 0 fully saturated rings. The monoisotopic (exact) mass is 324 g/mol. The summed E-state index contributed by atoms with van der Waals surface area (Å²) in [6.45, 7) is 0.247. The van der Waals surface area contributed by atoms with Gasteiger partial charge in [-0.3, -0.25) is 4.57 Å². The molecule has 0 saturated heterocycles. The minimum absolute atomic E-state index is 0.243. The molecule has 0 saturated carbocycles. The molecule has 7 heteroatoms. The van der Waals surface area contributed by atoms with Crippen molar-refractivity contribution in [1.29, 1.82) is 5.26 Å². The SMILES string of the molecule is COC(Cn1c(=O)n(-c2ccc(C#N)cc2)c2ncccc21)OC. The number of imidazole rings is 1. The molecule has 2 heterocycles. The van der Waals surface area contributed by atoms with Crippen LogP contribution in [0.2, 0.25) is 0 Å². The van der Waals surface area contributed by atoms with E-state index in [1.165, 1.54) is 18.8 Å². The van der Waals surface area contributed by atoms with Crippen molar-refractivity contribution in [2.24, 2.45) is 0 Å². The smallest absolute Gasteiger partial charge is 0.335 e. The maximum atomic E-state index is 12.9. The maximum absolute atomic E-state index is 12.9. The van der Waals surface area contributed by atoms with Crippen molar-refractivity contribution in [3.63, 3.8) is 0 Å². The van der Waals surface area contributed by atoms with Crippen molar-refractivity contribution in [2.75, 3.05) is 14.2 Å². The lowest BCUT2D eigenvalue weighted by Crippen LogP contribution is -2.29. The summed E-state index contributed by atoms with van der Waals surface area (Å²) in [5.74, 6) is 0. The van der Waals surface area contributed by atoms with E-state index in [0.717, 1.165) is 0 Å². The van der Waals surface area contributed by atoms with Gasteiger partial charge in [-0.1, -0.05) is 0 Å². The summed E-state index contributed by atoms with van der Waals surface area (Å²) in [7, 11) is 3.05. The minimum Gasteiger partial charge on any atom is -0.354 e. The second kappa shape index (κ2) is 6.66. The van der Waals surface area contributed by atoms with Crippen LogP contribution in [0.15, 0.2) is 47.4 Å². The highest BCUT2D eigenvalue weighted by molar-refractivity contribution is 5.73. The molecule has 3 aromatic rings. The van der Waals surface area contributed by atoms with Gasteiger partial charge in [0, 0.05) is 20.4 Å². The lowest BCUT2D eigenvalue weighted by Gasteiger charge is -2.13. The van der Waals surface area contributed by atoms with E-state index in [1.807, 2.05) is 6.07 Å². The number of aromatic nitrogens is 3. The van der Waals surface area contributed by atoms with E-state index in [9.17, 15) is 4.79 Å². The largest absolute Gasteiger partial charge is 0.354 e. The lowest BCUT2D eigenvalue weighted by atomic mass is 10.2. The Morgan fingerprint density at radius 1 is 1.21 bits per heavy atom. The molecule has 24 heavy (non-hydrogen) atoms. The van der Waals surface area contributed by atoms with E-state index in [-0.39, 0.29) is 12.2 Å². The Morgan fingerprint density at radius 3 is 2.54 bits per heavy atom. The standard InChI is InChI=1S/C17H16N4O3/c1-23-15(24-2)11-20-14-4-3-9-19-16(14)21(17(20)22)13-7-5-12(10-18)6-8-13/h3-9,15H,11H2,1-2H3. The Labute approximate surface area is 138 Å². The number of hydrogen-bond donors (Lipinski definition) is 0. The number of fused-ring (bicyclic) bond motifs is 1. The van der Waals surface area contributed by atoms with Gasteiger partial charge < -0.3 is 9.47 Å². The molecule has 1 aromatic carbocycles. The fraction of sp³-hybridized carbons (Fsp3) is 0.235. The van der Waals surface area contributed by atoms with Gasteiger partial charge in [-0.15, -0.1) is 0 Å². The first kappa shape index (κ1) is 15.9. The molecule has 0 N–H and O–H groups in total. The van der Waals surface area contributed by atoms with Crippen LogP contribution in [-0.2, 0) is 16.0 Å². The maximum Gasteiger partial charge on any atom is 0.335 e. The average molecular weight is 324 g/mol. The van der Waals surface area contributed by atoms with Crippen molar-refractivity contribution in [1.82, 2.24) is 14.1 Å². The van der Waals surface area contributed by atoms with Gasteiger partial charge in [0.2, 0.25) is 0 Å². The van der Waals surface area contributed by atoms with E-state index in [0.29, 0.717) is 22.4 Å². The summed E-state index contributed by atoms with van der Waals surface area (Å²) >= 11 is 0. The Balaban J connectivity index is 2.19. The van der Waals surface area contributed by atoms with Crippen molar-refractivity contribution in [3.8, 4) is 11.8 Å². The van der Waals surface area contributed by atoms with E-state index in [1.54, 1.807) is 41.1 Å². The van der Waals surface area contributed by atoms with Gasteiger partial charge in [-0.05, 0) is 36.4 Å². The third kappa shape index (κ3) is 2.69. The van der Waals surface area contributed by atoms with Gasteiger partial charge in [0.1, 0.15) is 0 Å². The molecule has 0 aliphatic rings. The number of nitrogens with zero attached hydrogens (tertiary/aromatic N) is 4. The Bertz CT molecular complexity index is 947. The number of methoxy groups -OCH3 is 2. The number of nitriles is 1. The fourth-order valence-electron chi connectivity index (χ4n) is 2.57. The van der Waals surface area contributed by atoms with E-state index in [4.69, 9.17) is 14.7 Å². The van der Waals surface area contributed by atoms with Gasteiger partial charge in [0.25, 0.3) is 0 Å². The second-order valence-electron chi connectivity index (χ2n) is 5.13. The Morgan fingerprint density at radius 2 is 1.92 bits per heavy atom. The highest BCUT2D eigenvalue weighted by atomic mass is 16.7. The van der Waals surface area contributed by atoms with E-state index >= 15 is 0 Å². The number of benzene rings is 1. The summed E-state index contributed by atoms with van der Waals surface area (Å²) in [6.07, 6.45) is 1.10. The van der Waals surface area contributed by atoms with Crippen LogP contribution >= 0.6 is 0 Å². The summed E-state index contributed by atoms with van der Waals surface area (Å²) in [4.78, 5) is 17.3. The number of rotatable bonds is 5. The molecular weight excluding hydrogens is 308 g/mol. The molecule has 0 amide bonds. The molecule has 0 aliphatic heterocycles. The van der Waals surface area contributed by atoms with Crippen LogP contribution in [0.25, 0.3) is 16.9 Å². The third-order valence-corrected chi connectivity index (χ3v) is 3.80. The summed E-state index contributed by atoms with van der Waals surface area (Å²) in [5, 5.41) is 8.92. The zero-order valence-electron chi connectivity index (χ0n) is 13.3. The highest BCUT2D eigenvalue weighted by Gasteiger charge is 2.18. The van der Waals surface area contributed by atoms with Crippen molar-refractivity contribution in [2.45, 2.75) is 12.8 Å². The normalized spacial score (nSPS) is 11.1. The summed E-state index contributed by atoms with van der Waals surface area (Å²) in [6, 6.07) is 12.4. The van der Waals surface area contributed by atoms with E-state index in [2.05, 4.69) is 11.1 Å². The molecule has 7 nitrogen and oxygen atoms in total. The molecule has 0 aliphatic carbocycles. The van der Waals surface area contributed by atoms with Crippen LogP contribution in [0.5, 0.6) is 0 Å². The first-order valence-corrected chi connectivity index (χ1v) is 7.32. The topological polar surface area (TPSA) is 82.1 Å². The van der Waals surface area contributed by atoms with Crippen LogP contribution < -0.4 is 5.69 Å². The Kier molecular flexibility index (Phi) is 4.42. The number of ether oxygens (including phenoxy) is 2. The van der Waals surface area contributed by atoms with Crippen LogP contribution in [0.3, 0.4) is 0 Å². The van der Waals surface area contributed by atoms with Gasteiger partial charge in [-0.2, -0.15) is 5.26 Å². The molecule has 0 radical (unpaired) electrons. The second-order valence-corrected chi connectivity index (χ2v) is 5.13. The molecule has 2 aromatic heterocycles. The van der Waals surface area contributed by atoms with Gasteiger partial charge >= 0.3 is 5.69 Å². The first-order chi connectivity index (χ1) is 11.7. The molecular formula is C17H16N4O3. The zero-order valence-corrected chi connectivity index (χ0v) is 13.3.